The van der Waals surface area contributed by atoms with Gasteiger partial charge in [0.25, 0.3) is 5.91 Å². The van der Waals surface area contributed by atoms with Gasteiger partial charge < -0.3 is 19.5 Å². The van der Waals surface area contributed by atoms with E-state index in [1.807, 2.05) is 0 Å². The first-order valence-electron chi connectivity index (χ1n) is 6.56. The van der Waals surface area contributed by atoms with Crippen molar-refractivity contribution in [3.8, 4) is 17.2 Å². The molecule has 0 aliphatic heterocycles. The summed E-state index contributed by atoms with van der Waals surface area (Å²) in [5.41, 5.74) is 0.792. The van der Waals surface area contributed by atoms with Gasteiger partial charge in [0.05, 0.1) is 32.0 Å². The summed E-state index contributed by atoms with van der Waals surface area (Å²) in [6.45, 7) is 0. The summed E-state index contributed by atoms with van der Waals surface area (Å²) >= 11 is 11.9. The molecule has 0 saturated heterocycles. The number of hydrogen-bond donors (Lipinski definition) is 1. The van der Waals surface area contributed by atoms with Crippen molar-refractivity contribution in [3.63, 3.8) is 0 Å². The molecular weight excluding hydrogens is 341 g/mol. The average molecular weight is 356 g/mol. The maximum atomic E-state index is 12.4. The number of hydrogen-bond acceptors (Lipinski definition) is 4. The van der Waals surface area contributed by atoms with Gasteiger partial charge in [-0.2, -0.15) is 0 Å². The Morgan fingerprint density at radius 1 is 0.957 bits per heavy atom. The highest BCUT2D eigenvalue weighted by Crippen LogP contribution is 2.38. The van der Waals surface area contributed by atoms with Crippen molar-refractivity contribution in [3.05, 3.63) is 45.9 Å². The van der Waals surface area contributed by atoms with E-state index in [1.165, 1.54) is 21.3 Å². The molecule has 0 heterocycles. The normalized spacial score (nSPS) is 10.1. The lowest BCUT2D eigenvalue weighted by atomic mass is 10.1. The standard InChI is InChI=1S/C16H15Cl2NO4/c1-21-13-6-9(7-14(22-2)15(13)23-3)16(20)19-12-5-4-10(17)8-11(12)18/h4-8H,1-3H3,(H,19,20). The smallest absolute Gasteiger partial charge is 0.255 e. The van der Waals surface area contributed by atoms with Crippen molar-refractivity contribution in [1.29, 1.82) is 0 Å². The van der Waals surface area contributed by atoms with E-state index in [2.05, 4.69) is 5.32 Å². The van der Waals surface area contributed by atoms with Gasteiger partial charge in [-0.1, -0.05) is 23.2 Å². The van der Waals surface area contributed by atoms with Gasteiger partial charge in [-0.3, -0.25) is 4.79 Å². The number of halogens is 2. The van der Waals surface area contributed by atoms with E-state index in [-0.39, 0.29) is 5.91 Å². The highest BCUT2D eigenvalue weighted by atomic mass is 35.5. The van der Waals surface area contributed by atoms with E-state index < -0.39 is 0 Å². The van der Waals surface area contributed by atoms with Crippen molar-refractivity contribution >= 4 is 34.8 Å². The van der Waals surface area contributed by atoms with Crippen LogP contribution in [0, 0.1) is 0 Å². The molecule has 2 rings (SSSR count). The Kier molecular flexibility index (Phi) is 5.58. The van der Waals surface area contributed by atoms with Gasteiger partial charge in [-0.05, 0) is 30.3 Å². The third-order valence-corrected chi connectivity index (χ3v) is 3.65. The van der Waals surface area contributed by atoms with Gasteiger partial charge >= 0.3 is 0 Å². The topological polar surface area (TPSA) is 56.8 Å². The van der Waals surface area contributed by atoms with Crippen LogP contribution in [0.4, 0.5) is 5.69 Å². The Labute approximate surface area is 144 Å². The minimum absolute atomic E-state index is 0.338. The van der Waals surface area contributed by atoms with Gasteiger partial charge in [0.2, 0.25) is 5.75 Å². The molecule has 0 aromatic heterocycles. The van der Waals surface area contributed by atoms with Crippen LogP contribution in [0.15, 0.2) is 30.3 Å². The summed E-state index contributed by atoms with van der Waals surface area (Å²) in [4.78, 5) is 12.4. The van der Waals surface area contributed by atoms with Crippen LogP contribution in [0.25, 0.3) is 0 Å². The van der Waals surface area contributed by atoms with Gasteiger partial charge in [0, 0.05) is 10.6 Å². The summed E-state index contributed by atoms with van der Waals surface area (Å²) in [6.07, 6.45) is 0. The zero-order valence-corrected chi connectivity index (χ0v) is 14.3. The fourth-order valence-electron chi connectivity index (χ4n) is 2.00. The molecule has 0 atom stereocenters. The highest BCUT2D eigenvalue weighted by molar-refractivity contribution is 6.36. The number of anilines is 1. The fraction of sp³-hybridized carbons (Fsp3) is 0.188. The lowest BCUT2D eigenvalue weighted by molar-refractivity contribution is 0.102. The summed E-state index contributed by atoms with van der Waals surface area (Å²) in [6, 6.07) is 7.92. The first-order chi connectivity index (χ1) is 11.0. The molecule has 0 aliphatic rings. The number of benzene rings is 2. The molecule has 0 spiro atoms. The maximum absolute atomic E-state index is 12.4. The van der Waals surface area contributed by atoms with E-state index in [1.54, 1.807) is 30.3 Å². The molecule has 0 aliphatic carbocycles. The van der Waals surface area contributed by atoms with Crippen LogP contribution in [0.3, 0.4) is 0 Å². The minimum atomic E-state index is -0.367. The molecular formula is C16H15Cl2NO4. The number of rotatable bonds is 5. The van der Waals surface area contributed by atoms with Gasteiger partial charge in [0.1, 0.15) is 0 Å². The molecule has 1 N–H and O–H groups in total. The SMILES string of the molecule is COc1cc(C(=O)Nc2ccc(Cl)cc2Cl)cc(OC)c1OC. The predicted molar refractivity (Wildman–Crippen MR) is 90.5 cm³/mol. The average Bonchev–Trinajstić information content (AvgIpc) is 2.55. The van der Waals surface area contributed by atoms with Gasteiger partial charge in [-0.15, -0.1) is 0 Å². The van der Waals surface area contributed by atoms with Crippen LogP contribution in [0.1, 0.15) is 10.4 Å². The van der Waals surface area contributed by atoms with E-state index in [9.17, 15) is 4.79 Å². The lowest BCUT2D eigenvalue weighted by Gasteiger charge is -2.14. The fourth-order valence-corrected chi connectivity index (χ4v) is 2.45. The molecule has 23 heavy (non-hydrogen) atoms. The quantitative estimate of drug-likeness (QED) is 0.869. The second-order valence-corrected chi connectivity index (χ2v) is 5.34. The molecule has 5 nitrogen and oxygen atoms in total. The Hall–Kier alpha value is -2.11. The lowest BCUT2D eigenvalue weighted by Crippen LogP contribution is -2.13. The number of ether oxygens (including phenoxy) is 3. The van der Waals surface area contributed by atoms with Crippen LogP contribution < -0.4 is 19.5 Å². The van der Waals surface area contributed by atoms with Crippen molar-refractivity contribution in [2.45, 2.75) is 0 Å². The monoisotopic (exact) mass is 355 g/mol. The third kappa shape index (κ3) is 3.81. The second-order valence-electron chi connectivity index (χ2n) is 4.49. The van der Waals surface area contributed by atoms with Crippen LogP contribution in [0.2, 0.25) is 10.0 Å². The summed E-state index contributed by atoms with van der Waals surface area (Å²) in [5, 5.41) is 3.54. The van der Waals surface area contributed by atoms with Crippen LogP contribution in [0.5, 0.6) is 17.2 Å². The van der Waals surface area contributed by atoms with Gasteiger partial charge in [0.15, 0.2) is 11.5 Å². The highest BCUT2D eigenvalue weighted by Gasteiger charge is 2.17. The molecule has 2 aromatic rings. The van der Waals surface area contributed by atoms with Crippen molar-refractivity contribution < 1.29 is 19.0 Å². The minimum Gasteiger partial charge on any atom is -0.493 e. The summed E-state index contributed by atoms with van der Waals surface area (Å²) in [7, 11) is 4.46. The molecule has 122 valence electrons. The molecule has 2 aromatic carbocycles. The zero-order valence-electron chi connectivity index (χ0n) is 12.8. The number of carbonyl (C=O) groups is 1. The summed E-state index contributed by atoms with van der Waals surface area (Å²) < 4.78 is 15.7. The molecule has 0 saturated carbocycles. The Morgan fingerprint density at radius 2 is 1.57 bits per heavy atom. The number of carbonyl (C=O) groups excluding carboxylic acids is 1. The van der Waals surface area contributed by atoms with Crippen LogP contribution >= 0.6 is 23.2 Å². The third-order valence-electron chi connectivity index (χ3n) is 3.11. The Balaban J connectivity index is 2.35. The molecule has 0 radical (unpaired) electrons. The Morgan fingerprint density at radius 3 is 2.04 bits per heavy atom. The zero-order chi connectivity index (χ0) is 17.0. The largest absolute Gasteiger partial charge is 0.493 e. The molecule has 7 heteroatoms. The molecule has 0 fully saturated rings. The van der Waals surface area contributed by atoms with E-state index in [0.29, 0.717) is 38.5 Å². The maximum Gasteiger partial charge on any atom is 0.255 e. The molecule has 0 bridgehead atoms. The number of nitrogens with one attached hydrogen (secondary N) is 1. The van der Waals surface area contributed by atoms with Crippen LogP contribution in [-0.2, 0) is 0 Å². The van der Waals surface area contributed by atoms with Crippen LogP contribution in [-0.4, -0.2) is 27.2 Å². The summed E-state index contributed by atoms with van der Waals surface area (Å²) in [5.74, 6) is 0.822. The van der Waals surface area contributed by atoms with Crippen molar-refractivity contribution in [2.24, 2.45) is 0 Å². The molecule has 0 unspecified atom stereocenters. The first kappa shape index (κ1) is 17.2. The van der Waals surface area contributed by atoms with E-state index in [4.69, 9.17) is 37.4 Å². The predicted octanol–water partition coefficient (Wildman–Crippen LogP) is 4.27. The van der Waals surface area contributed by atoms with E-state index >= 15 is 0 Å². The van der Waals surface area contributed by atoms with E-state index in [0.717, 1.165) is 0 Å². The molecule has 1 amide bonds. The van der Waals surface area contributed by atoms with Crippen molar-refractivity contribution in [2.75, 3.05) is 26.6 Å². The number of methoxy groups -OCH3 is 3. The van der Waals surface area contributed by atoms with Crippen molar-refractivity contribution in [1.82, 2.24) is 0 Å². The number of amides is 1. The first-order valence-corrected chi connectivity index (χ1v) is 7.32. The van der Waals surface area contributed by atoms with Gasteiger partial charge in [-0.25, -0.2) is 0 Å². The second kappa shape index (κ2) is 7.44. The Bertz CT molecular complexity index is 709.